The third-order valence-corrected chi connectivity index (χ3v) is 4.54. The normalized spacial score (nSPS) is 16.4. The zero-order valence-corrected chi connectivity index (χ0v) is 11.9. The number of hydrogen-bond donors (Lipinski definition) is 2. The summed E-state index contributed by atoms with van der Waals surface area (Å²) < 4.78 is 32.5. The SMILES string of the molecule is NCC#Cc1cccc(S(=O)(=O)NC2CCOCC2)c1. The van der Waals surface area contributed by atoms with Gasteiger partial charge in [0.15, 0.2) is 0 Å². The average Bonchev–Trinajstić information content (AvgIpc) is 2.46. The molecule has 0 amide bonds. The van der Waals surface area contributed by atoms with Gasteiger partial charge in [0, 0.05) is 24.8 Å². The van der Waals surface area contributed by atoms with Crippen molar-refractivity contribution in [3.8, 4) is 11.8 Å². The minimum Gasteiger partial charge on any atom is -0.381 e. The molecule has 2 rings (SSSR count). The van der Waals surface area contributed by atoms with Gasteiger partial charge in [-0.1, -0.05) is 17.9 Å². The van der Waals surface area contributed by atoms with Crippen molar-refractivity contribution in [2.24, 2.45) is 5.73 Å². The number of benzene rings is 1. The maximum absolute atomic E-state index is 12.3. The van der Waals surface area contributed by atoms with E-state index in [2.05, 4.69) is 16.6 Å². The largest absolute Gasteiger partial charge is 0.381 e. The van der Waals surface area contributed by atoms with E-state index >= 15 is 0 Å². The van der Waals surface area contributed by atoms with Crippen LogP contribution in [0.25, 0.3) is 0 Å². The van der Waals surface area contributed by atoms with Crippen molar-refractivity contribution < 1.29 is 13.2 Å². The molecule has 1 saturated heterocycles. The summed E-state index contributed by atoms with van der Waals surface area (Å²) in [7, 11) is -3.51. The van der Waals surface area contributed by atoms with Crippen LogP contribution in [-0.2, 0) is 14.8 Å². The Morgan fingerprint density at radius 1 is 1.35 bits per heavy atom. The van der Waals surface area contributed by atoms with Gasteiger partial charge in [0.25, 0.3) is 0 Å². The first kappa shape index (κ1) is 15.0. The summed E-state index contributed by atoms with van der Waals surface area (Å²) in [4.78, 5) is 0.229. The fraction of sp³-hybridized carbons (Fsp3) is 0.429. The molecule has 1 heterocycles. The zero-order chi connectivity index (χ0) is 14.4. The first-order valence-electron chi connectivity index (χ1n) is 6.51. The summed E-state index contributed by atoms with van der Waals surface area (Å²) >= 11 is 0. The average molecular weight is 294 g/mol. The second-order valence-electron chi connectivity index (χ2n) is 4.54. The summed E-state index contributed by atoms with van der Waals surface area (Å²) in [6.45, 7) is 1.43. The molecule has 0 radical (unpaired) electrons. The highest BCUT2D eigenvalue weighted by Crippen LogP contribution is 2.14. The van der Waals surface area contributed by atoms with Gasteiger partial charge >= 0.3 is 0 Å². The van der Waals surface area contributed by atoms with Crippen molar-refractivity contribution in [3.05, 3.63) is 29.8 Å². The van der Waals surface area contributed by atoms with E-state index in [1.54, 1.807) is 24.3 Å². The molecule has 0 saturated carbocycles. The van der Waals surface area contributed by atoms with Crippen LogP contribution in [0.2, 0.25) is 0 Å². The molecule has 0 unspecified atom stereocenters. The molecule has 0 atom stereocenters. The molecule has 1 aromatic carbocycles. The van der Waals surface area contributed by atoms with E-state index in [4.69, 9.17) is 10.5 Å². The first-order valence-corrected chi connectivity index (χ1v) is 7.99. The highest BCUT2D eigenvalue weighted by Gasteiger charge is 2.22. The molecule has 0 aromatic heterocycles. The zero-order valence-electron chi connectivity index (χ0n) is 11.1. The molecule has 0 spiro atoms. The standard InChI is InChI=1S/C14H18N2O3S/c15-8-2-4-12-3-1-5-14(11-12)20(17,18)16-13-6-9-19-10-7-13/h1,3,5,11,13,16H,6-10,15H2. The Morgan fingerprint density at radius 3 is 2.80 bits per heavy atom. The van der Waals surface area contributed by atoms with E-state index in [1.165, 1.54) is 0 Å². The molecule has 0 bridgehead atoms. The quantitative estimate of drug-likeness (QED) is 0.793. The summed E-state index contributed by atoms with van der Waals surface area (Å²) in [6.07, 6.45) is 1.40. The number of rotatable bonds is 3. The van der Waals surface area contributed by atoms with E-state index in [-0.39, 0.29) is 17.5 Å². The molecular formula is C14H18N2O3S. The molecule has 6 heteroatoms. The van der Waals surface area contributed by atoms with Gasteiger partial charge < -0.3 is 10.5 Å². The van der Waals surface area contributed by atoms with E-state index in [1.807, 2.05) is 0 Å². The van der Waals surface area contributed by atoms with Crippen LogP contribution < -0.4 is 10.5 Å². The Balaban J connectivity index is 2.16. The first-order chi connectivity index (χ1) is 9.62. The van der Waals surface area contributed by atoms with Crippen LogP contribution in [0.5, 0.6) is 0 Å². The van der Waals surface area contributed by atoms with Crippen molar-refractivity contribution in [2.45, 2.75) is 23.8 Å². The Bertz CT molecular complexity index is 611. The number of sulfonamides is 1. The van der Waals surface area contributed by atoms with Gasteiger partial charge in [-0.25, -0.2) is 13.1 Å². The molecule has 1 aromatic rings. The molecule has 1 fully saturated rings. The Hall–Kier alpha value is -1.39. The topological polar surface area (TPSA) is 81.4 Å². The van der Waals surface area contributed by atoms with Crippen molar-refractivity contribution in [2.75, 3.05) is 19.8 Å². The molecule has 1 aliphatic rings. The minimum absolute atomic E-state index is 0.0625. The van der Waals surface area contributed by atoms with E-state index < -0.39 is 10.0 Å². The van der Waals surface area contributed by atoms with Gasteiger partial charge in [-0.15, -0.1) is 0 Å². The van der Waals surface area contributed by atoms with Crippen molar-refractivity contribution in [3.63, 3.8) is 0 Å². The number of nitrogens with two attached hydrogens (primary N) is 1. The van der Waals surface area contributed by atoms with E-state index in [9.17, 15) is 8.42 Å². The Kier molecular flexibility index (Phi) is 5.15. The third-order valence-electron chi connectivity index (χ3n) is 3.02. The highest BCUT2D eigenvalue weighted by molar-refractivity contribution is 7.89. The maximum atomic E-state index is 12.3. The van der Waals surface area contributed by atoms with Crippen LogP contribution in [0.4, 0.5) is 0 Å². The summed E-state index contributed by atoms with van der Waals surface area (Å²) in [6, 6.07) is 6.50. The summed E-state index contributed by atoms with van der Waals surface area (Å²) in [5.74, 6) is 5.54. The Labute approximate surface area is 119 Å². The molecule has 3 N–H and O–H groups in total. The monoisotopic (exact) mass is 294 g/mol. The van der Waals surface area contributed by atoms with E-state index in [0.717, 1.165) is 0 Å². The molecule has 20 heavy (non-hydrogen) atoms. The van der Waals surface area contributed by atoms with Crippen LogP contribution in [0, 0.1) is 11.8 Å². The fourth-order valence-corrected chi connectivity index (χ4v) is 3.35. The maximum Gasteiger partial charge on any atom is 0.240 e. The highest BCUT2D eigenvalue weighted by atomic mass is 32.2. The van der Waals surface area contributed by atoms with Crippen molar-refractivity contribution in [1.29, 1.82) is 0 Å². The minimum atomic E-state index is -3.51. The lowest BCUT2D eigenvalue weighted by Crippen LogP contribution is -2.38. The lowest BCUT2D eigenvalue weighted by Gasteiger charge is -2.22. The smallest absolute Gasteiger partial charge is 0.240 e. The predicted octanol–water partition coefficient (Wildman–Crippen LogP) is 0.454. The molecular weight excluding hydrogens is 276 g/mol. The second-order valence-corrected chi connectivity index (χ2v) is 6.26. The predicted molar refractivity (Wildman–Crippen MR) is 76.5 cm³/mol. The molecule has 5 nitrogen and oxygen atoms in total. The number of hydrogen-bond acceptors (Lipinski definition) is 4. The number of nitrogens with one attached hydrogen (secondary N) is 1. The van der Waals surface area contributed by atoms with Gasteiger partial charge in [0.2, 0.25) is 10.0 Å². The van der Waals surface area contributed by atoms with Crippen LogP contribution in [0.15, 0.2) is 29.2 Å². The van der Waals surface area contributed by atoms with Crippen LogP contribution >= 0.6 is 0 Å². The Morgan fingerprint density at radius 2 is 2.10 bits per heavy atom. The molecule has 1 aliphatic heterocycles. The van der Waals surface area contributed by atoms with Gasteiger partial charge in [0.05, 0.1) is 11.4 Å². The van der Waals surface area contributed by atoms with E-state index in [0.29, 0.717) is 31.6 Å². The van der Waals surface area contributed by atoms with Crippen molar-refractivity contribution in [1.82, 2.24) is 4.72 Å². The number of ether oxygens (including phenoxy) is 1. The fourth-order valence-electron chi connectivity index (χ4n) is 2.00. The second kappa shape index (κ2) is 6.86. The van der Waals surface area contributed by atoms with Crippen molar-refractivity contribution >= 4 is 10.0 Å². The molecule has 0 aliphatic carbocycles. The van der Waals surface area contributed by atoms with Gasteiger partial charge in [-0.2, -0.15) is 0 Å². The third kappa shape index (κ3) is 4.05. The molecule has 108 valence electrons. The summed E-state index contributed by atoms with van der Waals surface area (Å²) in [5.41, 5.74) is 5.95. The summed E-state index contributed by atoms with van der Waals surface area (Å²) in [5, 5.41) is 0. The van der Waals surface area contributed by atoms with Crippen LogP contribution in [0.3, 0.4) is 0 Å². The lowest BCUT2D eigenvalue weighted by molar-refractivity contribution is 0.0832. The van der Waals surface area contributed by atoms with Gasteiger partial charge in [0.1, 0.15) is 0 Å². The van der Waals surface area contributed by atoms with Crippen LogP contribution in [0.1, 0.15) is 18.4 Å². The van der Waals surface area contributed by atoms with Crippen LogP contribution in [-0.4, -0.2) is 34.2 Å². The van der Waals surface area contributed by atoms with Gasteiger partial charge in [-0.05, 0) is 31.0 Å². The lowest BCUT2D eigenvalue weighted by atomic mass is 10.1. The van der Waals surface area contributed by atoms with Gasteiger partial charge in [-0.3, -0.25) is 0 Å².